The third-order valence-corrected chi connectivity index (χ3v) is 3.30. The van der Waals surface area contributed by atoms with Crippen molar-refractivity contribution in [3.63, 3.8) is 0 Å². The fraction of sp³-hybridized carbons (Fsp3) is 0.250. The van der Waals surface area contributed by atoms with E-state index in [-0.39, 0.29) is 0 Å². The molecule has 1 aromatic heterocycles. The summed E-state index contributed by atoms with van der Waals surface area (Å²) in [7, 11) is 1.89. The first-order valence-corrected chi connectivity index (χ1v) is 6.06. The topological polar surface area (TPSA) is 43.8 Å². The maximum absolute atomic E-state index is 6.14. The Kier molecular flexibility index (Phi) is 3.31. The second kappa shape index (κ2) is 4.59. The molecule has 5 heteroatoms. The number of aryl methyl sites for hydroxylation is 1. The summed E-state index contributed by atoms with van der Waals surface area (Å²) >= 11 is 12.1. The standard InChI is InChI=1S/C12H13Cl2N3/c1-3-10-16-11(12(15)17(10)2)8-6-7(13)4-5-9(8)14/h4-6H,3,15H2,1-2H3. The van der Waals surface area contributed by atoms with E-state index in [1.54, 1.807) is 18.2 Å². The molecule has 2 N–H and O–H groups in total. The average molecular weight is 270 g/mol. The van der Waals surface area contributed by atoms with Crippen LogP contribution in [0.4, 0.5) is 5.82 Å². The normalized spacial score (nSPS) is 10.8. The highest BCUT2D eigenvalue weighted by Crippen LogP contribution is 2.33. The van der Waals surface area contributed by atoms with Gasteiger partial charge < -0.3 is 10.3 Å². The maximum atomic E-state index is 6.14. The molecule has 2 rings (SSSR count). The quantitative estimate of drug-likeness (QED) is 0.907. The fourth-order valence-electron chi connectivity index (χ4n) is 1.75. The van der Waals surface area contributed by atoms with Crippen LogP contribution in [0.25, 0.3) is 11.3 Å². The van der Waals surface area contributed by atoms with Gasteiger partial charge in [-0.25, -0.2) is 4.98 Å². The predicted molar refractivity (Wildman–Crippen MR) is 72.5 cm³/mol. The second-order valence-corrected chi connectivity index (χ2v) is 4.64. The molecule has 0 atom stereocenters. The summed E-state index contributed by atoms with van der Waals surface area (Å²) in [6, 6.07) is 5.27. The first kappa shape index (κ1) is 12.3. The van der Waals surface area contributed by atoms with Gasteiger partial charge in [0, 0.05) is 24.1 Å². The summed E-state index contributed by atoms with van der Waals surface area (Å²) < 4.78 is 1.87. The minimum absolute atomic E-state index is 0.599. The largest absolute Gasteiger partial charge is 0.383 e. The van der Waals surface area contributed by atoms with Gasteiger partial charge in [0.25, 0.3) is 0 Å². The molecule has 0 spiro atoms. The zero-order valence-corrected chi connectivity index (χ0v) is 11.2. The van der Waals surface area contributed by atoms with Gasteiger partial charge in [0.1, 0.15) is 17.3 Å². The molecule has 0 radical (unpaired) electrons. The van der Waals surface area contributed by atoms with Crippen LogP contribution in [0.5, 0.6) is 0 Å². The van der Waals surface area contributed by atoms with E-state index < -0.39 is 0 Å². The minimum atomic E-state index is 0.599. The Labute approximate surface area is 110 Å². The minimum Gasteiger partial charge on any atom is -0.383 e. The monoisotopic (exact) mass is 269 g/mol. The molecule has 2 aromatic rings. The molecular formula is C12H13Cl2N3. The molecule has 1 aromatic carbocycles. The van der Waals surface area contributed by atoms with Gasteiger partial charge in [0.05, 0.1) is 5.02 Å². The lowest BCUT2D eigenvalue weighted by molar-refractivity contribution is 0.816. The van der Waals surface area contributed by atoms with E-state index in [0.29, 0.717) is 21.6 Å². The summed E-state index contributed by atoms with van der Waals surface area (Å²) in [5.41, 5.74) is 7.49. The molecule has 0 aliphatic heterocycles. The van der Waals surface area contributed by atoms with E-state index in [4.69, 9.17) is 28.9 Å². The van der Waals surface area contributed by atoms with Crippen LogP contribution in [0, 0.1) is 0 Å². The Morgan fingerprint density at radius 1 is 1.35 bits per heavy atom. The van der Waals surface area contributed by atoms with Crippen LogP contribution in [-0.2, 0) is 13.5 Å². The van der Waals surface area contributed by atoms with Gasteiger partial charge in [0.15, 0.2) is 0 Å². The molecule has 0 aliphatic carbocycles. The number of anilines is 1. The molecule has 17 heavy (non-hydrogen) atoms. The third kappa shape index (κ3) is 2.13. The van der Waals surface area contributed by atoms with Crippen molar-refractivity contribution in [2.45, 2.75) is 13.3 Å². The number of hydrogen-bond acceptors (Lipinski definition) is 2. The molecule has 0 aliphatic rings. The average Bonchev–Trinajstić information content (AvgIpc) is 2.59. The third-order valence-electron chi connectivity index (χ3n) is 2.73. The SMILES string of the molecule is CCc1nc(-c2cc(Cl)ccc2Cl)c(N)n1C. The van der Waals surface area contributed by atoms with Crippen LogP contribution in [0.15, 0.2) is 18.2 Å². The van der Waals surface area contributed by atoms with Crippen molar-refractivity contribution in [3.8, 4) is 11.3 Å². The van der Waals surface area contributed by atoms with Gasteiger partial charge in [-0.3, -0.25) is 0 Å². The maximum Gasteiger partial charge on any atom is 0.131 e. The number of hydrogen-bond donors (Lipinski definition) is 1. The van der Waals surface area contributed by atoms with Gasteiger partial charge in [-0.15, -0.1) is 0 Å². The van der Waals surface area contributed by atoms with E-state index >= 15 is 0 Å². The van der Waals surface area contributed by atoms with Crippen molar-refractivity contribution in [3.05, 3.63) is 34.1 Å². The number of halogens is 2. The van der Waals surface area contributed by atoms with Crippen molar-refractivity contribution >= 4 is 29.0 Å². The second-order valence-electron chi connectivity index (χ2n) is 3.80. The van der Waals surface area contributed by atoms with Gasteiger partial charge in [-0.1, -0.05) is 30.1 Å². The van der Waals surface area contributed by atoms with Crippen molar-refractivity contribution in [1.82, 2.24) is 9.55 Å². The highest BCUT2D eigenvalue weighted by molar-refractivity contribution is 6.35. The molecule has 90 valence electrons. The van der Waals surface area contributed by atoms with Crippen LogP contribution < -0.4 is 5.73 Å². The van der Waals surface area contributed by atoms with Crippen LogP contribution in [0.2, 0.25) is 10.0 Å². The smallest absolute Gasteiger partial charge is 0.131 e. The van der Waals surface area contributed by atoms with Crippen LogP contribution in [0.1, 0.15) is 12.7 Å². The van der Waals surface area contributed by atoms with E-state index in [2.05, 4.69) is 4.98 Å². The van der Waals surface area contributed by atoms with Gasteiger partial charge in [-0.2, -0.15) is 0 Å². The number of imidazole rings is 1. The highest BCUT2D eigenvalue weighted by atomic mass is 35.5. The number of aromatic nitrogens is 2. The number of rotatable bonds is 2. The molecule has 0 unspecified atom stereocenters. The zero-order valence-electron chi connectivity index (χ0n) is 9.67. The van der Waals surface area contributed by atoms with E-state index in [9.17, 15) is 0 Å². The number of benzene rings is 1. The Morgan fingerprint density at radius 2 is 2.06 bits per heavy atom. The van der Waals surface area contributed by atoms with Crippen LogP contribution in [0.3, 0.4) is 0 Å². The lowest BCUT2D eigenvalue weighted by Crippen LogP contribution is -2.00. The highest BCUT2D eigenvalue weighted by Gasteiger charge is 2.15. The Balaban J connectivity index is 2.64. The zero-order chi connectivity index (χ0) is 12.6. The molecular weight excluding hydrogens is 257 g/mol. The first-order chi connectivity index (χ1) is 8.04. The predicted octanol–water partition coefficient (Wildman–Crippen LogP) is 3.54. The summed E-state index contributed by atoms with van der Waals surface area (Å²) in [6.45, 7) is 2.03. The molecule has 0 fully saturated rings. The molecule has 0 bridgehead atoms. The van der Waals surface area contributed by atoms with E-state index in [1.165, 1.54) is 0 Å². The Hall–Kier alpha value is -1.19. The lowest BCUT2D eigenvalue weighted by Gasteiger charge is -2.03. The summed E-state index contributed by atoms with van der Waals surface area (Å²) in [6.07, 6.45) is 0.818. The van der Waals surface area contributed by atoms with Crippen molar-refractivity contribution < 1.29 is 0 Å². The van der Waals surface area contributed by atoms with Crippen molar-refractivity contribution in [2.24, 2.45) is 7.05 Å². The van der Waals surface area contributed by atoms with Gasteiger partial charge in [-0.05, 0) is 18.2 Å². The number of nitrogens with two attached hydrogens (primary N) is 1. The first-order valence-electron chi connectivity index (χ1n) is 5.31. The van der Waals surface area contributed by atoms with Gasteiger partial charge in [0.2, 0.25) is 0 Å². The van der Waals surface area contributed by atoms with E-state index in [1.807, 2.05) is 18.5 Å². The summed E-state index contributed by atoms with van der Waals surface area (Å²) in [4.78, 5) is 4.49. The summed E-state index contributed by atoms with van der Waals surface area (Å²) in [5, 5.41) is 1.22. The van der Waals surface area contributed by atoms with Crippen molar-refractivity contribution in [2.75, 3.05) is 5.73 Å². The van der Waals surface area contributed by atoms with E-state index in [0.717, 1.165) is 17.8 Å². The fourth-order valence-corrected chi connectivity index (χ4v) is 2.13. The number of nitrogens with zero attached hydrogens (tertiary/aromatic N) is 2. The molecule has 1 heterocycles. The van der Waals surface area contributed by atoms with Crippen LogP contribution >= 0.6 is 23.2 Å². The lowest BCUT2D eigenvalue weighted by atomic mass is 10.1. The Bertz CT molecular complexity index is 561. The van der Waals surface area contributed by atoms with Crippen LogP contribution in [-0.4, -0.2) is 9.55 Å². The van der Waals surface area contributed by atoms with Gasteiger partial charge >= 0.3 is 0 Å². The molecule has 0 saturated heterocycles. The Morgan fingerprint density at radius 3 is 2.65 bits per heavy atom. The van der Waals surface area contributed by atoms with Crippen molar-refractivity contribution in [1.29, 1.82) is 0 Å². The summed E-state index contributed by atoms with van der Waals surface area (Å²) in [5.74, 6) is 1.53. The molecule has 0 saturated carbocycles. The molecule has 0 amide bonds. The number of nitrogen functional groups attached to an aromatic ring is 1. The molecule has 3 nitrogen and oxygen atoms in total.